The van der Waals surface area contributed by atoms with E-state index in [1.165, 1.54) is 11.1 Å². The molecule has 0 saturated heterocycles. The molecule has 112 valence electrons. The van der Waals surface area contributed by atoms with Gasteiger partial charge in [-0.25, -0.2) is 0 Å². The van der Waals surface area contributed by atoms with Crippen molar-refractivity contribution in [3.8, 4) is 0 Å². The van der Waals surface area contributed by atoms with Crippen LogP contribution < -0.4 is 5.32 Å². The number of hydrogen-bond acceptors (Lipinski definition) is 2. The Morgan fingerprint density at radius 3 is 2.77 bits per heavy atom. The highest BCUT2D eigenvalue weighted by atomic mass is 16.2. The topological polar surface area (TPSA) is 57.8 Å². The van der Waals surface area contributed by atoms with Crippen LogP contribution in [0.5, 0.6) is 0 Å². The number of para-hydroxylation sites is 1. The summed E-state index contributed by atoms with van der Waals surface area (Å²) in [4.78, 5) is 12.5. The van der Waals surface area contributed by atoms with Gasteiger partial charge in [-0.15, -0.1) is 0 Å². The number of aromatic amines is 1. The number of amides is 1. The smallest absolute Gasteiger partial charge is 0.272 e. The molecule has 0 fully saturated rings. The van der Waals surface area contributed by atoms with Crippen molar-refractivity contribution < 1.29 is 4.79 Å². The number of H-pyrrole nitrogens is 1. The van der Waals surface area contributed by atoms with E-state index in [9.17, 15) is 4.79 Å². The van der Waals surface area contributed by atoms with Crippen molar-refractivity contribution in [1.29, 1.82) is 0 Å². The van der Waals surface area contributed by atoms with Gasteiger partial charge in [-0.1, -0.05) is 42.0 Å². The lowest BCUT2D eigenvalue weighted by Gasteiger charge is -2.16. The Morgan fingerprint density at radius 2 is 1.95 bits per heavy atom. The first-order valence-electron chi connectivity index (χ1n) is 7.37. The first-order valence-corrected chi connectivity index (χ1v) is 7.37. The molecule has 0 aliphatic heterocycles. The number of fused-ring (bicyclic) bond motifs is 1. The van der Waals surface area contributed by atoms with Gasteiger partial charge in [0.05, 0.1) is 11.6 Å². The van der Waals surface area contributed by atoms with Gasteiger partial charge in [0, 0.05) is 5.39 Å². The predicted molar refractivity (Wildman–Crippen MR) is 87.9 cm³/mol. The number of benzene rings is 2. The Kier molecular flexibility index (Phi) is 3.67. The van der Waals surface area contributed by atoms with E-state index in [0.717, 1.165) is 16.5 Å². The third-order valence-electron chi connectivity index (χ3n) is 3.93. The molecular weight excluding hydrogens is 274 g/mol. The van der Waals surface area contributed by atoms with Crippen LogP contribution in [0.1, 0.15) is 40.1 Å². The Bertz CT molecular complexity index is 835. The van der Waals surface area contributed by atoms with E-state index in [-0.39, 0.29) is 11.9 Å². The second-order valence-corrected chi connectivity index (χ2v) is 5.67. The van der Waals surface area contributed by atoms with E-state index in [4.69, 9.17) is 0 Å². The molecule has 2 aromatic carbocycles. The van der Waals surface area contributed by atoms with Crippen molar-refractivity contribution in [2.45, 2.75) is 26.8 Å². The molecule has 0 aliphatic carbocycles. The standard InChI is InChI=1S/C18H19N3O/c1-11-8-9-12(2)15(10-11)13(3)19-18(22)17-14-6-4-5-7-16(14)20-21-17/h4-10,13H,1-3H3,(H,19,22)(H,20,21). The van der Waals surface area contributed by atoms with Crippen molar-refractivity contribution in [3.63, 3.8) is 0 Å². The minimum Gasteiger partial charge on any atom is -0.344 e. The zero-order valence-corrected chi connectivity index (χ0v) is 13.0. The van der Waals surface area contributed by atoms with Gasteiger partial charge in [0.1, 0.15) is 0 Å². The number of nitrogens with zero attached hydrogens (tertiary/aromatic N) is 1. The van der Waals surface area contributed by atoms with E-state index in [1.807, 2.05) is 31.2 Å². The maximum absolute atomic E-state index is 12.5. The Labute approximate surface area is 129 Å². The lowest BCUT2D eigenvalue weighted by atomic mass is 10.00. The molecule has 0 bridgehead atoms. The Morgan fingerprint density at radius 1 is 1.18 bits per heavy atom. The fraction of sp³-hybridized carbons (Fsp3) is 0.222. The molecule has 4 heteroatoms. The fourth-order valence-corrected chi connectivity index (χ4v) is 2.71. The van der Waals surface area contributed by atoms with Crippen LogP contribution in [0.3, 0.4) is 0 Å². The summed E-state index contributed by atoms with van der Waals surface area (Å²) in [5.41, 5.74) is 4.80. The minimum atomic E-state index is -0.161. The number of aromatic nitrogens is 2. The average molecular weight is 293 g/mol. The average Bonchev–Trinajstić information content (AvgIpc) is 2.93. The van der Waals surface area contributed by atoms with E-state index >= 15 is 0 Å². The molecule has 3 rings (SSSR count). The predicted octanol–water partition coefficient (Wildman–Crippen LogP) is 3.67. The summed E-state index contributed by atoms with van der Waals surface area (Å²) >= 11 is 0. The summed E-state index contributed by atoms with van der Waals surface area (Å²) in [5, 5.41) is 10.9. The molecule has 0 spiro atoms. The summed E-state index contributed by atoms with van der Waals surface area (Å²) in [6, 6.07) is 13.8. The maximum atomic E-state index is 12.5. The molecule has 1 atom stereocenters. The monoisotopic (exact) mass is 293 g/mol. The SMILES string of the molecule is Cc1ccc(C)c(C(C)NC(=O)c2n[nH]c3ccccc23)c1. The van der Waals surface area contributed by atoms with Crippen molar-refractivity contribution in [2.24, 2.45) is 0 Å². The Balaban J connectivity index is 1.86. The van der Waals surface area contributed by atoms with Crippen LogP contribution in [0.25, 0.3) is 10.9 Å². The summed E-state index contributed by atoms with van der Waals surface area (Å²) in [6.45, 7) is 6.11. The molecule has 2 N–H and O–H groups in total. The maximum Gasteiger partial charge on any atom is 0.272 e. The number of hydrogen-bond donors (Lipinski definition) is 2. The van der Waals surface area contributed by atoms with Gasteiger partial charge in [0.2, 0.25) is 0 Å². The van der Waals surface area contributed by atoms with E-state index in [2.05, 4.69) is 47.6 Å². The molecule has 0 saturated carbocycles. The van der Waals surface area contributed by atoms with Gasteiger partial charge in [-0.3, -0.25) is 9.89 Å². The molecule has 1 amide bonds. The first kappa shape index (κ1) is 14.3. The van der Waals surface area contributed by atoms with Crippen molar-refractivity contribution in [3.05, 3.63) is 64.8 Å². The normalized spacial score (nSPS) is 12.3. The number of carbonyl (C=O) groups excluding carboxylic acids is 1. The van der Waals surface area contributed by atoms with Crippen LogP contribution in [0.2, 0.25) is 0 Å². The molecule has 4 nitrogen and oxygen atoms in total. The molecule has 3 aromatic rings. The van der Waals surface area contributed by atoms with Crippen molar-refractivity contribution in [2.75, 3.05) is 0 Å². The lowest BCUT2D eigenvalue weighted by molar-refractivity contribution is 0.0936. The number of aryl methyl sites for hydroxylation is 2. The van der Waals surface area contributed by atoms with Crippen LogP contribution in [0.15, 0.2) is 42.5 Å². The summed E-state index contributed by atoms with van der Waals surface area (Å²) in [5.74, 6) is -0.161. The molecular formula is C18H19N3O. The van der Waals surface area contributed by atoms with Crippen LogP contribution in [-0.4, -0.2) is 16.1 Å². The summed E-state index contributed by atoms with van der Waals surface area (Å²) in [6.07, 6.45) is 0. The highest BCUT2D eigenvalue weighted by Gasteiger charge is 2.17. The zero-order chi connectivity index (χ0) is 15.7. The molecule has 1 unspecified atom stereocenters. The second-order valence-electron chi connectivity index (χ2n) is 5.67. The quantitative estimate of drug-likeness (QED) is 0.774. The summed E-state index contributed by atoms with van der Waals surface area (Å²) < 4.78 is 0. The van der Waals surface area contributed by atoms with Crippen LogP contribution in [0.4, 0.5) is 0 Å². The first-order chi connectivity index (χ1) is 10.6. The van der Waals surface area contributed by atoms with Crippen LogP contribution in [-0.2, 0) is 0 Å². The number of carbonyl (C=O) groups is 1. The van der Waals surface area contributed by atoms with Gasteiger partial charge in [-0.05, 0) is 38.0 Å². The highest BCUT2D eigenvalue weighted by molar-refractivity contribution is 6.04. The van der Waals surface area contributed by atoms with E-state index in [0.29, 0.717) is 5.69 Å². The largest absolute Gasteiger partial charge is 0.344 e. The van der Waals surface area contributed by atoms with Crippen LogP contribution in [0, 0.1) is 13.8 Å². The lowest BCUT2D eigenvalue weighted by Crippen LogP contribution is -2.27. The van der Waals surface area contributed by atoms with Gasteiger partial charge >= 0.3 is 0 Å². The van der Waals surface area contributed by atoms with Gasteiger partial charge in [0.15, 0.2) is 5.69 Å². The third kappa shape index (κ3) is 2.60. The molecule has 0 radical (unpaired) electrons. The highest BCUT2D eigenvalue weighted by Crippen LogP contribution is 2.20. The number of rotatable bonds is 3. The van der Waals surface area contributed by atoms with E-state index < -0.39 is 0 Å². The Hall–Kier alpha value is -2.62. The molecule has 0 aliphatic rings. The van der Waals surface area contributed by atoms with Gasteiger partial charge in [-0.2, -0.15) is 5.10 Å². The van der Waals surface area contributed by atoms with Gasteiger partial charge < -0.3 is 5.32 Å². The molecule has 1 aromatic heterocycles. The van der Waals surface area contributed by atoms with Gasteiger partial charge in [0.25, 0.3) is 5.91 Å². The second kappa shape index (κ2) is 5.64. The van der Waals surface area contributed by atoms with Crippen molar-refractivity contribution in [1.82, 2.24) is 15.5 Å². The minimum absolute atomic E-state index is 0.0668. The molecule has 22 heavy (non-hydrogen) atoms. The van der Waals surface area contributed by atoms with Crippen molar-refractivity contribution >= 4 is 16.8 Å². The van der Waals surface area contributed by atoms with Crippen LogP contribution >= 0.6 is 0 Å². The number of nitrogens with one attached hydrogen (secondary N) is 2. The fourth-order valence-electron chi connectivity index (χ4n) is 2.71. The van der Waals surface area contributed by atoms with E-state index in [1.54, 1.807) is 0 Å². The molecule has 1 heterocycles. The zero-order valence-electron chi connectivity index (χ0n) is 13.0. The summed E-state index contributed by atoms with van der Waals surface area (Å²) in [7, 11) is 0. The third-order valence-corrected chi connectivity index (χ3v) is 3.93.